The zero-order valence-electron chi connectivity index (χ0n) is 11.7. The number of hydrogen-bond donors (Lipinski definition) is 1. The normalized spacial score (nSPS) is 10.6. The molecule has 2 aromatic rings. The molecule has 0 aliphatic carbocycles. The first-order valence-corrected chi connectivity index (χ1v) is 8.48. The molecule has 0 saturated heterocycles. The van der Waals surface area contributed by atoms with Gasteiger partial charge < -0.3 is 5.32 Å². The third-order valence-electron chi connectivity index (χ3n) is 2.74. The van der Waals surface area contributed by atoms with Crippen LogP contribution >= 0.6 is 27.7 Å². The Bertz CT molecular complexity index is 575. The van der Waals surface area contributed by atoms with Gasteiger partial charge in [-0.25, -0.2) is 9.97 Å². The van der Waals surface area contributed by atoms with Crippen molar-refractivity contribution in [2.75, 3.05) is 11.9 Å². The van der Waals surface area contributed by atoms with Gasteiger partial charge in [-0.2, -0.15) is 0 Å². The van der Waals surface area contributed by atoms with Crippen LogP contribution in [0.5, 0.6) is 0 Å². The Morgan fingerprint density at radius 3 is 2.70 bits per heavy atom. The first-order chi connectivity index (χ1) is 9.72. The molecule has 0 aliphatic rings. The van der Waals surface area contributed by atoms with Gasteiger partial charge in [0.2, 0.25) is 0 Å². The molecule has 0 unspecified atom stereocenters. The number of anilines is 1. The number of rotatable bonds is 6. The van der Waals surface area contributed by atoms with Crippen molar-refractivity contribution in [1.29, 1.82) is 0 Å². The standard InChI is InChI=1S/C15H18BrN3S/c1-3-11-9-14(17-4-2)19-15(18-11)10-20-13-8-6-5-7-12(13)16/h5-9H,3-4,10H2,1-2H3,(H,17,18,19). The number of thioether (sulfide) groups is 1. The van der Waals surface area contributed by atoms with Crippen LogP contribution in [0.15, 0.2) is 39.7 Å². The highest BCUT2D eigenvalue weighted by Gasteiger charge is 2.06. The van der Waals surface area contributed by atoms with Crippen molar-refractivity contribution in [2.24, 2.45) is 0 Å². The summed E-state index contributed by atoms with van der Waals surface area (Å²) in [4.78, 5) is 10.4. The van der Waals surface area contributed by atoms with Gasteiger partial charge in [0.25, 0.3) is 0 Å². The molecule has 0 fully saturated rings. The number of halogens is 1. The van der Waals surface area contributed by atoms with Gasteiger partial charge in [-0.15, -0.1) is 11.8 Å². The van der Waals surface area contributed by atoms with E-state index in [9.17, 15) is 0 Å². The Morgan fingerprint density at radius 1 is 1.20 bits per heavy atom. The van der Waals surface area contributed by atoms with E-state index in [0.29, 0.717) is 0 Å². The molecule has 0 saturated carbocycles. The van der Waals surface area contributed by atoms with Gasteiger partial charge >= 0.3 is 0 Å². The molecule has 2 rings (SSSR count). The second-order valence-corrected chi connectivity index (χ2v) is 6.14. The van der Waals surface area contributed by atoms with Crippen LogP contribution in [0.4, 0.5) is 5.82 Å². The third-order valence-corrected chi connectivity index (χ3v) is 4.76. The SMILES string of the molecule is CCNc1cc(CC)nc(CSc2ccccc2Br)n1. The Kier molecular flexibility index (Phi) is 5.86. The van der Waals surface area contributed by atoms with Gasteiger partial charge in [0.05, 0.1) is 5.75 Å². The van der Waals surface area contributed by atoms with Crippen LogP contribution < -0.4 is 5.32 Å². The maximum absolute atomic E-state index is 4.59. The lowest BCUT2D eigenvalue weighted by Gasteiger charge is -2.08. The molecule has 1 aromatic carbocycles. The van der Waals surface area contributed by atoms with E-state index in [2.05, 4.69) is 57.2 Å². The molecule has 1 N–H and O–H groups in total. The maximum Gasteiger partial charge on any atom is 0.141 e. The summed E-state index contributed by atoms with van der Waals surface area (Å²) in [5.41, 5.74) is 1.08. The van der Waals surface area contributed by atoms with E-state index < -0.39 is 0 Å². The van der Waals surface area contributed by atoms with E-state index in [4.69, 9.17) is 0 Å². The van der Waals surface area contributed by atoms with Crippen LogP contribution in [0.2, 0.25) is 0 Å². The Labute approximate surface area is 132 Å². The molecule has 20 heavy (non-hydrogen) atoms. The fourth-order valence-corrected chi connectivity index (χ4v) is 3.20. The predicted molar refractivity (Wildman–Crippen MR) is 89.3 cm³/mol. The smallest absolute Gasteiger partial charge is 0.141 e. The van der Waals surface area contributed by atoms with Gasteiger partial charge in [0, 0.05) is 27.7 Å². The van der Waals surface area contributed by atoms with E-state index in [0.717, 1.165) is 40.5 Å². The van der Waals surface area contributed by atoms with Gasteiger partial charge in [-0.05, 0) is 41.4 Å². The van der Waals surface area contributed by atoms with E-state index >= 15 is 0 Å². The van der Waals surface area contributed by atoms with Gasteiger partial charge in [0.1, 0.15) is 11.6 Å². The fraction of sp³-hybridized carbons (Fsp3) is 0.333. The zero-order chi connectivity index (χ0) is 14.4. The summed E-state index contributed by atoms with van der Waals surface area (Å²) in [5.74, 6) is 2.57. The molecule has 5 heteroatoms. The molecule has 106 valence electrons. The van der Waals surface area contributed by atoms with Crippen molar-refractivity contribution in [1.82, 2.24) is 9.97 Å². The van der Waals surface area contributed by atoms with E-state index in [1.165, 1.54) is 4.90 Å². The molecule has 0 aliphatic heterocycles. The van der Waals surface area contributed by atoms with Gasteiger partial charge in [-0.3, -0.25) is 0 Å². The third kappa shape index (κ3) is 4.21. The summed E-state index contributed by atoms with van der Waals surface area (Å²) in [6.07, 6.45) is 0.924. The average molecular weight is 352 g/mol. The van der Waals surface area contributed by atoms with E-state index in [1.54, 1.807) is 11.8 Å². The lowest BCUT2D eigenvalue weighted by atomic mass is 10.3. The van der Waals surface area contributed by atoms with Gasteiger partial charge in [-0.1, -0.05) is 19.1 Å². The van der Waals surface area contributed by atoms with Gasteiger partial charge in [0.15, 0.2) is 0 Å². The fourth-order valence-electron chi connectivity index (χ4n) is 1.77. The molecule has 0 atom stereocenters. The maximum atomic E-state index is 4.59. The zero-order valence-corrected chi connectivity index (χ0v) is 14.1. The van der Waals surface area contributed by atoms with Crippen molar-refractivity contribution in [2.45, 2.75) is 30.9 Å². The van der Waals surface area contributed by atoms with Crippen LogP contribution in [-0.4, -0.2) is 16.5 Å². The summed E-state index contributed by atoms with van der Waals surface area (Å²) in [5, 5.41) is 3.26. The van der Waals surface area contributed by atoms with Crippen molar-refractivity contribution in [3.63, 3.8) is 0 Å². The summed E-state index contributed by atoms with van der Waals surface area (Å²) < 4.78 is 1.11. The number of nitrogens with zero attached hydrogens (tertiary/aromatic N) is 2. The molecule has 0 spiro atoms. The Hall–Kier alpha value is -1.07. The number of aryl methyl sites for hydroxylation is 1. The highest BCUT2D eigenvalue weighted by molar-refractivity contribution is 9.10. The first-order valence-electron chi connectivity index (χ1n) is 6.71. The molecule has 1 aromatic heterocycles. The van der Waals surface area contributed by atoms with Crippen molar-refractivity contribution >= 4 is 33.5 Å². The van der Waals surface area contributed by atoms with Crippen LogP contribution in [-0.2, 0) is 12.2 Å². The average Bonchev–Trinajstić information content (AvgIpc) is 2.46. The summed E-state index contributed by atoms with van der Waals surface area (Å²) in [7, 11) is 0. The minimum absolute atomic E-state index is 0.773. The highest BCUT2D eigenvalue weighted by Crippen LogP contribution is 2.29. The van der Waals surface area contributed by atoms with E-state index in [1.807, 2.05) is 18.2 Å². The van der Waals surface area contributed by atoms with Crippen LogP contribution in [0.1, 0.15) is 25.4 Å². The van der Waals surface area contributed by atoms with Crippen LogP contribution in [0, 0.1) is 0 Å². The minimum Gasteiger partial charge on any atom is -0.370 e. The second-order valence-electron chi connectivity index (χ2n) is 4.26. The number of hydrogen-bond acceptors (Lipinski definition) is 4. The lowest BCUT2D eigenvalue weighted by molar-refractivity contribution is 0.936. The number of aromatic nitrogens is 2. The summed E-state index contributed by atoms with van der Waals surface area (Å²) in [6, 6.07) is 10.2. The second kappa shape index (κ2) is 7.64. The topological polar surface area (TPSA) is 37.8 Å². The Balaban J connectivity index is 2.12. The monoisotopic (exact) mass is 351 g/mol. The molecular weight excluding hydrogens is 334 g/mol. The van der Waals surface area contributed by atoms with Crippen molar-refractivity contribution in [3.05, 3.63) is 46.3 Å². The Morgan fingerprint density at radius 2 is 2.00 bits per heavy atom. The lowest BCUT2D eigenvalue weighted by Crippen LogP contribution is -2.05. The van der Waals surface area contributed by atoms with Crippen molar-refractivity contribution in [3.8, 4) is 0 Å². The van der Waals surface area contributed by atoms with Crippen LogP contribution in [0.3, 0.4) is 0 Å². The largest absolute Gasteiger partial charge is 0.370 e. The molecular formula is C15H18BrN3S. The predicted octanol–water partition coefficient (Wildman–Crippen LogP) is 4.53. The number of nitrogens with one attached hydrogen (secondary N) is 1. The summed E-state index contributed by atoms with van der Waals surface area (Å²) >= 11 is 5.31. The molecule has 3 nitrogen and oxygen atoms in total. The number of benzene rings is 1. The highest BCUT2D eigenvalue weighted by atomic mass is 79.9. The van der Waals surface area contributed by atoms with Crippen LogP contribution in [0.25, 0.3) is 0 Å². The van der Waals surface area contributed by atoms with Crippen molar-refractivity contribution < 1.29 is 0 Å². The molecule has 0 bridgehead atoms. The van der Waals surface area contributed by atoms with E-state index in [-0.39, 0.29) is 0 Å². The first kappa shape index (κ1) is 15.3. The molecule has 1 heterocycles. The minimum atomic E-state index is 0.773. The molecule has 0 radical (unpaired) electrons. The quantitative estimate of drug-likeness (QED) is 0.776. The molecule has 0 amide bonds. The summed E-state index contributed by atoms with van der Waals surface area (Å²) in [6.45, 7) is 5.06.